The van der Waals surface area contributed by atoms with Crippen LogP contribution in [0.1, 0.15) is 24.0 Å². The van der Waals surface area contributed by atoms with E-state index in [9.17, 15) is 34.8 Å². The number of thioether (sulfide) groups is 1. The van der Waals surface area contributed by atoms with E-state index < -0.39 is 38.5 Å². The first-order valence-electron chi connectivity index (χ1n) is 22.4. The quantitative estimate of drug-likeness (QED) is 0.00614. The molecule has 0 radical (unpaired) electrons. The molecule has 0 unspecified atom stereocenters. The number of aromatic amines is 2. The number of hydrogen-bond donors (Lipinski definition) is 9. The van der Waals surface area contributed by atoms with Crippen molar-refractivity contribution >= 4 is 81.9 Å². The van der Waals surface area contributed by atoms with E-state index in [0.29, 0.717) is 64.8 Å². The van der Waals surface area contributed by atoms with Crippen molar-refractivity contribution in [3.63, 3.8) is 0 Å². The van der Waals surface area contributed by atoms with Gasteiger partial charge in [0.15, 0.2) is 29.6 Å². The molecule has 0 saturated carbocycles. The molecular formula is C47H46F6N16O6S3. The summed E-state index contributed by atoms with van der Waals surface area (Å²) in [7, 11) is -3.68. The molecule has 4 aromatic carbocycles. The van der Waals surface area contributed by atoms with Gasteiger partial charge in [0.25, 0.3) is 5.16 Å². The van der Waals surface area contributed by atoms with Crippen LogP contribution in [0.2, 0.25) is 0 Å². The number of nitrogen functional groups attached to an aromatic ring is 2. The SMILES string of the molecule is CS(=O)(=O)c1nc(N)cc(Oc2ccc(-c3nc(Nc4cccc(C(F)(F)F)c4)n[nH]3)cc2)n1.N=COCCCS.N=COCCCSc1nc(N)cc(Oc2ccc(-c3nc(Nc4cccc(C(F)(F)F)c4)n[nH]3)cc2)n1. The van der Waals surface area contributed by atoms with Gasteiger partial charge in [-0.3, -0.25) is 21.0 Å². The van der Waals surface area contributed by atoms with Crippen molar-refractivity contribution in [2.75, 3.05) is 53.1 Å². The monoisotopic (exact) mass is 1140 g/mol. The number of nitrogens with one attached hydrogen (secondary N) is 6. The number of alkyl halides is 6. The van der Waals surface area contributed by atoms with Crippen LogP contribution in [0, 0.1) is 10.8 Å². The third kappa shape index (κ3) is 18.5. The summed E-state index contributed by atoms with van der Waals surface area (Å²) in [5.41, 5.74) is 11.6. The summed E-state index contributed by atoms with van der Waals surface area (Å²) >= 11 is 5.33. The summed E-state index contributed by atoms with van der Waals surface area (Å²) in [6, 6.07) is 25.6. The molecule has 4 heterocycles. The summed E-state index contributed by atoms with van der Waals surface area (Å²) in [5, 5.41) is 32.2. The van der Waals surface area contributed by atoms with Crippen LogP contribution in [0.15, 0.2) is 120 Å². The molecule has 4 aromatic heterocycles. The number of nitrogens with two attached hydrogens (primary N) is 2. The van der Waals surface area contributed by atoms with E-state index in [-0.39, 0.29) is 46.7 Å². The van der Waals surface area contributed by atoms with Gasteiger partial charge in [-0.15, -0.1) is 10.2 Å². The predicted octanol–water partition coefficient (Wildman–Crippen LogP) is 10.2. The fourth-order valence-electron chi connectivity index (χ4n) is 6.05. The second kappa shape index (κ2) is 27.4. The van der Waals surface area contributed by atoms with Gasteiger partial charge in [-0.2, -0.15) is 58.9 Å². The van der Waals surface area contributed by atoms with E-state index in [0.717, 1.165) is 55.5 Å². The molecule has 0 fully saturated rings. The lowest BCUT2D eigenvalue weighted by Gasteiger charge is -2.08. The number of sulfone groups is 1. The van der Waals surface area contributed by atoms with Crippen molar-refractivity contribution in [2.24, 2.45) is 0 Å². The van der Waals surface area contributed by atoms with Crippen molar-refractivity contribution in [3.8, 4) is 46.0 Å². The highest BCUT2D eigenvalue weighted by molar-refractivity contribution is 7.99. The Bertz CT molecular complexity index is 3360. The number of aromatic nitrogens is 10. The van der Waals surface area contributed by atoms with Gasteiger partial charge in [-0.25, -0.2) is 18.4 Å². The molecule has 0 amide bonds. The molecule has 8 rings (SSSR count). The number of benzene rings is 4. The third-order valence-corrected chi connectivity index (χ3v) is 11.6. The summed E-state index contributed by atoms with van der Waals surface area (Å²) in [4.78, 5) is 24.5. The second-order valence-corrected chi connectivity index (χ2v) is 18.9. The number of halogens is 6. The van der Waals surface area contributed by atoms with Crippen molar-refractivity contribution in [1.82, 2.24) is 50.3 Å². The maximum atomic E-state index is 12.9. The minimum Gasteiger partial charge on any atom is -0.484 e. The molecule has 10 N–H and O–H groups in total. The fourth-order valence-corrected chi connectivity index (χ4v) is 7.47. The van der Waals surface area contributed by atoms with Crippen LogP contribution in [0.25, 0.3) is 22.8 Å². The Labute approximate surface area is 449 Å². The van der Waals surface area contributed by atoms with Crippen LogP contribution in [-0.2, 0) is 31.7 Å². The second-order valence-electron chi connectivity index (χ2n) is 15.5. The van der Waals surface area contributed by atoms with Crippen LogP contribution in [0.5, 0.6) is 23.3 Å². The minimum absolute atomic E-state index is 0.0482. The molecule has 0 bridgehead atoms. The molecule has 22 nitrogen and oxygen atoms in total. The largest absolute Gasteiger partial charge is 0.484 e. The molecule has 0 aliphatic carbocycles. The van der Waals surface area contributed by atoms with Gasteiger partial charge in [0, 0.05) is 46.6 Å². The molecule has 0 atom stereocenters. The number of anilines is 6. The number of nitrogens with zero attached hydrogens (tertiary/aromatic N) is 8. The molecule has 0 aliphatic heterocycles. The van der Waals surface area contributed by atoms with E-state index >= 15 is 0 Å². The summed E-state index contributed by atoms with van der Waals surface area (Å²) in [6.07, 6.45) is -4.47. The Hall–Kier alpha value is -8.71. The predicted molar refractivity (Wildman–Crippen MR) is 283 cm³/mol. The van der Waals surface area contributed by atoms with E-state index in [2.05, 4.69) is 78.3 Å². The lowest BCUT2D eigenvalue weighted by atomic mass is 10.2. The van der Waals surface area contributed by atoms with Gasteiger partial charge in [-0.1, -0.05) is 23.9 Å². The lowest BCUT2D eigenvalue weighted by Crippen LogP contribution is -2.07. The Balaban J connectivity index is 0.000000225. The zero-order valence-corrected chi connectivity index (χ0v) is 43.0. The zero-order valence-electron chi connectivity index (χ0n) is 40.5. The van der Waals surface area contributed by atoms with Crippen molar-refractivity contribution in [2.45, 2.75) is 35.5 Å². The standard InChI is InChI=1S/C23H21F3N8O2S.C20H16F3N7O3S.C4H9NOS/c24-23(25,26)15-3-1-4-16(11-15)29-21-32-20(33-34-21)14-5-7-17(8-6-14)36-19-12-18(28)30-22(31-19)37-10-2-9-35-13-27;1-34(31,32)19-26-15(24)10-16(27-19)33-14-7-5-11(6-8-14)17-28-18(30-29-17)25-13-4-2-3-12(9-13)20(21,22)23;5-4-6-2-1-3-7/h1,3-8,11-13,27H,2,9-10H2,(H2,28,30,31)(H2,29,32,33,34);2-10H,1H3,(H2,24,26,27)(H2,25,28,29,30);4-5,7H,1-3H2. The highest BCUT2D eigenvalue weighted by Crippen LogP contribution is 2.34. The Kier molecular flexibility index (Phi) is 20.5. The Morgan fingerprint density at radius 3 is 1.55 bits per heavy atom. The Morgan fingerprint density at radius 2 is 1.10 bits per heavy atom. The maximum Gasteiger partial charge on any atom is 0.416 e. The van der Waals surface area contributed by atoms with Gasteiger partial charge in [0.1, 0.15) is 23.1 Å². The van der Waals surface area contributed by atoms with E-state index in [1.165, 1.54) is 48.2 Å². The smallest absolute Gasteiger partial charge is 0.416 e. The highest BCUT2D eigenvalue weighted by atomic mass is 32.2. The van der Waals surface area contributed by atoms with Gasteiger partial charge in [-0.05, 0) is 104 Å². The van der Waals surface area contributed by atoms with E-state index in [1.807, 2.05) is 0 Å². The molecule has 410 valence electrons. The number of thiol groups is 1. The molecule has 0 saturated heterocycles. The topological polar surface area (TPSA) is 330 Å². The normalized spacial score (nSPS) is 11.2. The zero-order chi connectivity index (χ0) is 56.3. The first-order valence-corrected chi connectivity index (χ1v) is 25.9. The molecule has 78 heavy (non-hydrogen) atoms. The molecule has 0 spiro atoms. The lowest BCUT2D eigenvalue weighted by molar-refractivity contribution is -0.138. The Morgan fingerprint density at radius 1 is 0.641 bits per heavy atom. The third-order valence-electron chi connectivity index (χ3n) is 9.52. The van der Waals surface area contributed by atoms with Gasteiger partial charge in [0.05, 0.1) is 24.3 Å². The van der Waals surface area contributed by atoms with Crippen LogP contribution in [0.3, 0.4) is 0 Å². The minimum atomic E-state index is -4.46. The van der Waals surface area contributed by atoms with Crippen molar-refractivity contribution in [3.05, 3.63) is 120 Å². The maximum absolute atomic E-state index is 12.9. The van der Waals surface area contributed by atoms with Crippen molar-refractivity contribution in [1.29, 1.82) is 10.8 Å². The van der Waals surface area contributed by atoms with Gasteiger partial charge in [0.2, 0.25) is 33.5 Å². The number of H-pyrrole nitrogens is 2. The van der Waals surface area contributed by atoms with E-state index in [1.54, 1.807) is 48.5 Å². The average molecular weight is 1140 g/mol. The molecule has 8 aromatic rings. The molecule has 31 heteroatoms. The summed E-state index contributed by atoms with van der Waals surface area (Å²) in [5.74, 6) is 3.76. The molecular weight excluding hydrogens is 1090 g/mol. The molecule has 0 aliphatic rings. The van der Waals surface area contributed by atoms with Crippen LogP contribution >= 0.6 is 24.4 Å². The van der Waals surface area contributed by atoms with Crippen molar-refractivity contribution < 1.29 is 53.7 Å². The summed E-state index contributed by atoms with van der Waals surface area (Å²) in [6.45, 7) is 1.05. The van der Waals surface area contributed by atoms with E-state index in [4.69, 9.17) is 36.5 Å². The number of hydrogen-bond acceptors (Lipinski definition) is 22. The summed E-state index contributed by atoms with van der Waals surface area (Å²) < 4.78 is 122. The van der Waals surface area contributed by atoms with Crippen LogP contribution < -0.4 is 31.6 Å². The number of ether oxygens (including phenoxy) is 4. The van der Waals surface area contributed by atoms with Crippen LogP contribution in [-0.4, -0.2) is 102 Å². The number of rotatable bonds is 21. The van der Waals surface area contributed by atoms with Gasteiger partial charge >= 0.3 is 12.4 Å². The first kappa shape index (κ1) is 58.5. The van der Waals surface area contributed by atoms with Gasteiger partial charge < -0.3 is 41.0 Å². The first-order chi connectivity index (χ1) is 37.2. The average Bonchev–Trinajstić information content (AvgIpc) is 4.07. The fraction of sp³-hybridized carbons (Fsp3) is 0.191. The highest BCUT2D eigenvalue weighted by Gasteiger charge is 2.31. The van der Waals surface area contributed by atoms with Crippen LogP contribution in [0.4, 0.5) is 61.2 Å².